The Morgan fingerprint density at radius 2 is 1.55 bits per heavy atom. The molecular formula is C34H44FN3O6. The quantitative estimate of drug-likeness (QED) is 0.344. The number of imide groups is 1. The lowest BCUT2D eigenvalue weighted by Gasteiger charge is -2.29. The van der Waals surface area contributed by atoms with Gasteiger partial charge in [0.15, 0.2) is 0 Å². The Morgan fingerprint density at radius 1 is 0.909 bits per heavy atom. The summed E-state index contributed by atoms with van der Waals surface area (Å²) >= 11 is 0. The van der Waals surface area contributed by atoms with Gasteiger partial charge in [-0.1, -0.05) is 61.9 Å². The number of fused-ring (bicyclic) bond motifs is 1. The molecule has 3 amide bonds. The average Bonchev–Trinajstić information content (AvgIpc) is 3.31. The van der Waals surface area contributed by atoms with E-state index in [2.05, 4.69) is 48.3 Å². The summed E-state index contributed by atoms with van der Waals surface area (Å²) in [5.74, 6) is -0.402. The molecule has 0 aliphatic carbocycles. The second-order valence-electron chi connectivity index (χ2n) is 10.9. The Hall–Kier alpha value is -4.12. The first-order chi connectivity index (χ1) is 20.3. The highest BCUT2D eigenvalue weighted by molar-refractivity contribution is 6.05. The summed E-state index contributed by atoms with van der Waals surface area (Å²) in [6.45, 7) is 10.2. The number of halogens is 1. The van der Waals surface area contributed by atoms with Crippen molar-refractivity contribution in [1.82, 2.24) is 15.1 Å². The molecule has 0 bridgehead atoms. The Bertz CT molecular complexity index is 1350. The fourth-order valence-electron chi connectivity index (χ4n) is 5.29. The fourth-order valence-corrected chi connectivity index (χ4v) is 5.29. The summed E-state index contributed by atoms with van der Waals surface area (Å²) in [4.78, 5) is 40.8. The van der Waals surface area contributed by atoms with E-state index in [0.717, 1.165) is 49.2 Å². The molecule has 2 aliphatic rings. The van der Waals surface area contributed by atoms with Gasteiger partial charge in [-0.15, -0.1) is 0 Å². The van der Waals surface area contributed by atoms with E-state index in [1.54, 1.807) is 29.2 Å². The van der Waals surface area contributed by atoms with Gasteiger partial charge in [0.1, 0.15) is 24.2 Å². The third-order valence-corrected chi connectivity index (χ3v) is 7.45. The second kappa shape index (κ2) is 17.2. The van der Waals surface area contributed by atoms with Crippen LogP contribution in [0.25, 0.3) is 0 Å². The molecular weight excluding hydrogens is 565 g/mol. The van der Waals surface area contributed by atoms with Crippen molar-refractivity contribution in [1.29, 1.82) is 0 Å². The number of ether oxygens (including phenoxy) is 1. The van der Waals surface area contributed by atoms with Crippen LogP contribution in [-0.2, 0) is 29.3 Å². The van der Waals surface area contributed by atoms with Crippen LogP contribution in [0, 0.1) is 12.7 Å². The van der Waals surface area contributed by atoms with E-state index in [1.807, 2.05) is 13.0 Å². The Morgan fingerprint density at radius 3 is 2.14 bits per heavy atom. The first-order valence-electron chi connectivity index (χ1n) is 14.7. The highest BCUT2D eigenvalue weighted by atomic mass is 19.1. The van der Waals surface area contributed by atoms with E-state index < -0.39 is 11.9 Å². The van der Waals surface area contributed by atoms with Crippen molar-refractivity contribution in [3.8, 4) is 5.75 Å². The zero-order valence-electron chi connectivity index (χ0n) is 25.7. The number of hydrogen-bond donors (Lipinski definition) is 1. The molecule has 0 radical (unpaired) electrons. The molecule has 3 aromatic carbocycles. The second-order valence-corrected chi connectivity index (χ2v) is 10.9. The van der Waals surface area contributed by atoms with E-state index in [4.69, 9.17) is 4.74 Å². The Labute approximate surface area is 258 Å². The first kappa shape index (κ1) is 36.1. The van der Waals surface area contributed by atoms with Crippen molar-refractivity contribution < 1.29 is 34.5 Å². The number of carbonyl (C=O) groups excluding carboxylic acids is 3. The largest absolute Gasteiger partial charge is 0.489 e. The molecule has 1 saturated heterocycles. The van der Waals surface area contributed by atoms with Gasteiger partial charge in [0.2, 0.25) is 11.8 Å². The molecule has 5 rings (SSSR count). The maximum atomic E-state index is 13.0. The number of rotatable bonds is 10. The summed E-state index contributed by atoms with van der Waals surface area (Å²) in [6, 6.07) is 19.7. The van der Waals surface area contributed by atoms with Crippen molar-refractivity contribution in [2.75, 3.05) is 13.1 Å². The monoisotopic (exact) mass is 609 g/mol. The van der Waals surface area contributed by atoms with Gasteiger partial charge in [0, 0.05) is 24.1 Å². The fraction of sp³-hybridized carbons (Fsp3) is 0.382. The standard InChI is InChI=1S/C27H33N3O4.C7H7F.2H2O/c1-3-14-29(15-4-2)16-19-8-10-20(11-9-19)18-34-24-7-5-6-21-22(24)17-30(27(21)33)23-12-13-25(31)28-26(23)32;1-6-2-4-7(8)5-3-6;;/h5-11,23H,3-4,12-18H2,1-2H3,(H,28,31,32);2-5H,1H3;2*1H2. The molecule has 2 heterocycles. The normalized spacial score (nSPS) is 15.4. The van der Waals surface area contributed by atoms with Gasteiger partial charge in [-0.2, -0.15) is 0 Å². The number of benzene rings is 3. The lowest BCUT2D eigenvalue weighted by atomic mass is 10.0. The maximum Gasteiger partial charge on any atom is 0.255 e. The zero-order valence-corrected chi connectivity index (χ0v) is 25.7. The Kier molecular flexibility index (Phi) is 14.1. The van der Waals surface area contributed by atoms with Gasteiger partial charge >= 0.3 is 0 Å². The van der Waals surface area contributed by atoms with Crippen LogP contribution < -0.4 is 10.1 Å². The van der Waals surface area contributed by atoms with E-state index in [-0.39, 0.29) is 35.0 Å². The van der Waals surface area contributed by atoms with Crippen LogP contribution in [0.15, 0.2) is 66.7 Å². The molecule has 0 aromatic heterocycles. The highest BCUT2D eigenvalue weighted by Crippen LogP contribution is 2.34. The molecule has 44 heavy (non-hydrogen) atoms. The third-order valence-electron chi connectivity index (χ3n) is 7.45. The molecule has 1 fully saturated rings. The first-order valence-corrected chi connectivity index (χ1v) is 14.7. The van der Waals surface area contributed by atoms with Gasteiger partial charge in [-0.25, -0.2) is 4.39 Å². The minimum absolute atomic E-state index is 0. The van der Waals surface area contributed by atoms with Crippen LogP contribution in [0.3, 0.4) is 0 Å². The van der Waals surface area contributed by atoms with Crippen molar-refractivity contribution in [3.63, 3.8) is 0 Å². The molecule has 1 unspecified atom stereocenters. The molecule has 0 spiro atoms. The highest BCUT2D eigenvalue weighted by Gasteiger charge is 2.40. The minimum Gasteiger partial charge on any atom is -0.489 e. The molecule has 238 valence electrons. The number of piperidine rings is 1. The number of carbonyl (C=O) groups is 3. The van der Waals surface area contributed by atoms with Gasteiger partial charge in [-0.05, 0) is 74.7 Å². The summed E-state index contributed by atoms with van der Waals surface area (Å²) in [5.41, 5.74) is 4.79. The van der Waals surface area contributed by atoms with Crippen LogP contribution in [0.1, 0.15) is 72.1 Å². The Balaban J connectivity index is 0.000000588. The van der Waals surface area contributed by atoms with Gasteiger partial charge < -0.3 is 20.6 Å². The zero-order chi connectivity index (χ0) is 30.1. The summed E-state index contributed by atoms with van der Waals surface area (Å²) in [5, 5.41) is 2.34. The number of nitrogens with zero attached hydrogens (tertiary/aromatic N) is 2. The van der Waals surface area contributed by atoms with E-state index in [1.165, 1.54) is 17.7 Å². The minimum atomic E-state index is -0.627. The molecule has 3 aromatic rings. The molecule has 10 heteroatoms. The number of aryl methyl sites for hydroxylation is 1. The van der Waals surface area contributed by atoms with Crippen molar-refractivity contribution in [2.24, 2.45) is 0 Å². The van der Waals surface area contributed by atoms with E-state index in [0.29, 0.717) is 30.9 Å². The van der Waals surface area contributed by atoms with Crippen molar-refractivity contribution >= 4 is 17.7 Å². The summed E-state index contributed by atoms with van der Waals surface area (Å²) in [6.07, 6.45) is 2.89. The number of nitrogens with one attached hydrogen (secondary N) is 1. The van der Waals surface area contributed by atoms with Gasteiger partial charge in [-0.3, -0.25) is 24.6 Å². The number of amides is 3. The van der Waals surface area contributed by atoms with Gasteiger partial charge in [0.05, 0.1) is 6.54 Å². The summed E-state index contributed by atoms with van der Waals surface area (Å²) < 4.78 is 18.2. The molecule has 2 aliphatic heterocycles. The molecule has 5 N–H and O–H groups in total. The van der Waals surface area contributed by atoms with Crippen LogP contribution in [0.4, 0.5) is 4.39 Å². The van der Waals surface area contributed by atoms with Crippen LogP contribution >= 0.6 is 0 Å². The van der Waals surface area contributed by atoms with Crippen molar-refractivity contribution in [3.05, 3.63) is 100 Å². The number of hydrogen-bond acceptors (Lipinski definition) is 5. The van der Waals surface area contributed by atoms with Crippen LogP contribution in [-0.4, -0.2) is 57.6 Å². The van der Waals surface area contributed by atoms with E-state index in [9.17, 15) is 18.8 Å². The van der Waals surface area contributed by atoms with Gasteiger partial charge in [0.25, 0.3) is 5.91 Å². The average molecular weight is 610 g/mol. The van der Waals surface area contributed by atoms with Crippen LogP contribution in [0.5, 0.6) is 5.75 Å². The topological polar surface area (TPSA) is 142 Å². The third kappa shape index (κ3) is 9.44. The molecule has 0 saturated carbocycles. The predicted octanol–water partition coefficient (Wildman–Crippen LogP) is 4.13. The smallest absolute Gasteiger partial charge is 0.255 e. The predicted molar refractivity (Wildman–Crippen MR) is 167 cm³/mol. The van der Waals surface area contributed by atoms with Crippen LogP contribution in [0.2, 0.25) is 0 Å². The SMILES string of the molecule is CCCN(CCC)Cc1ccc(COc2cccc3c2CN(C2CCC(=O)NC2=O)C3=O)cc1.Cc1ccc(F)cc1.O.O. The molecule has 9 nitrogen and oxygen atoms in total. The van der Waals surface area contributed by atoms with E-state index >= 15 is 0 Å². The lowest BCUT2D eigenvalue weighted by Crippen LogP contribution is -2.52. The lowest BCUT2D eigenvalue weighted by molar-refractivity contribution is -0.136. The molecule has 1 atom stereocenters. The van der Waals surface area contributed by atoms with Crippen molar-refractivity contribution in [2.45, 2.75) is 72.2 Å². The summed E-state index contributed by atoms with van der Waals surface area (Å²) in [7, 11) is 0. The maximum absolute atomic E-state index is 13.0.